The Morgan fingerprint density at radius 1 is 1.04 bits per heavy atom. The molecular weight excluding hydrogens is 327 g/mol. The Balaban J connectivity index is 0.00000132. The van der Waals surface area contributed by atoms with Crippen LogP contribution in [0.15, 0.2) is 42.7 Å². The second-order valence-corrected chi connectivity index (χ2v) is 6.85. The second-order valence-electron chi connectivity index (χ2n) is 6.85. The molecule has 1 N–H and O–H groups in total. The summed E-state index contributed by atoms with van der Waals surface area (Å²) in [6.07, 6.45) is 4.94. The SMILES string of the molecule is Cc1ccc([C@@H]2C[C@@H](c3ccncc3)C(C)(C)N2)c(C)c1.Cl.Cl. The van der Waals surface area contributed by atoms with Crippen LogP contribution in [0.1, 0.15) is 54.5 Å². The number of benzene rings is 1. The van der Waals surface area contributed by atoms with Crippen molar-refractivity contribution >= 4 is 24.8 Å². The van der Waals surface area contributed by atoms with E-state index in [4.69, 9.17) is 0 Å². The number of hydrogen-bond acceptors (Lipinski definition) is 2. The molecule has 126 valence electrons. The van der Waals surface area contributed by atoms with Crippen LogP contribution in [-0.4, -0.2) is 10.5 Å². The molecule has 0 bridgehead atoms. The number of nitrogens with one attached hydrogen (secondary N) is 1. The van der Waals surface area contributed by atoms with Crippen LogP contribution in [0.3, 0.4) is 0 Å². The number of pyridine rings is 1. The number of halogens is 2. The molecule has 1 aromatic heterocycles. The normalized spacial score (nSPS) is 22.1. The Bertz CT molecular complexity index is 641. The Labute approximate surface area is 151 Å². The summed E-state index contributed by atoms with van der Waals surface area (Å²) in [5.74, 6) is 0.520. The third kappa shape index (κ3) is 4.06. The van der Waals surface area contributed by atoms with Gasteiger partial charge in [-0.1, -0.05) is 23.8 Å². The molecule has 0 aliphatic carbocycles. The van der Waals surface area contributed by atoms with Crippen molar-refractivity contribution in [2.24, 2.45) is 0 Å². The monoisotopic (exact) mass is 352 g/mol. The van der Waals surface area contributed by atoms with Gasteiger partial charge < -0.3 is 5.32 Å². The van der Waals surface area contributed by atoms with Crippen LogP contribution < -0.4 is 5.32 Å². The van der Waals surface area contributed by atoms with Gasteiger partial charge in [0.1, 0.15) is 0 Å². The Morgan fingerprint density at radius 2 is 1.70 bits per heavy atom. The molecule has 1 aliphatic heterocycles. The Kier molecular flexibility index (Phi) is 6.64. The van der Waals surface area contributed by atoms with Crippen LogP contribution >= 0.6 is 24.8 Å². The summed E-state index contributed by atoms with van der Waals surface area (Å²) in [4.78, 5) is 4.15. The minimum absolute atomic E-state index is 0. The predicted molar refractivity (Wildman–Crippen MR) is 102 cm³/mol. The molecule has 4 heteroatoms. The maximum Gasteiger partial charge on any atom is 0.0334 e. The van der Waals surface area contributed by atoms with Crippen molar-refractivity contribution in [3.8, 4) is 0 Å². The summed E-state index contributed by atoms with van der Waals surface area (Å²) in [6.45, 7) is 8.99. The summed E-state index contributed by atoms with van der Waals surface area (Å²) in [5, 5.41) is 3.83. The zero-order valence-electron chi connectivity index (χ0n) is 14.2. The molecule has 0 spiro atoms. The van der Waals surface area contributed by atoms with E-state index in [2.05, 4.69) is 68.3 Å². The zero-order valence-corrected chi connectivity index (χ0v) is 15.8. The fraction of sp³-hybridized carbons (Fsp3) is 0.421. The molecule has 0 saturated carbocycles. The first-order valence-electron chi connectivity index (χ1n) is 7.72. The van der Waals surface area contributed by atoms with Gasteiger partial charge in [-0.2, -0.15) is 0 Å². The molecule has 1 aliphatic rings. The van der Waals surface area contributed by atoms with Gasteiger partial charge in [0.05, 0.1) is 0 Å². The van der Waals surface area contributed by atoms with Gasteiger partial charge >= 0.3 is 0 Å². The Hall–Kier alpha value is -1.09. The fourth-order valence-corrected chi connectivity index (χ4v) is 3.71. The molecule has 0 unspecified atom stereocenters. The van der Waals surface area contributed by atoms with E-state index in [0.29, 0.717) is 12.0 Å². The van der Waals surface area contributed by atoms with Crippen LogP contribution in [-0.2, 0) is 0 Å². The van der Waals surface area contributed by atoms with E-state index in [-0.39, 0.29) is 30.4 Å². The van der Waals surface area contributed by atoms with Crippen molar-refractivity contribution in [1.82, 2.24) is 10.3 Å². The van der Waals surface area contributed by atoms with Gasteiger partial charge in [-0.05, 0) is 62.9 Å². The average molecular weight is 353 g/mol. The van der Waals surface area contributed by atoms with E-state index in [1.807, 2.05) is 12.4 Å². The lowest BCUT2D eigenvalue weighted by Crippen LogP contribution is -2.37. The van der Waals surface area contributed by atoms with Gasteiger partial charge in [0, 0.05) is 29.9 Å². The lowest BCUT2D eigenvalue weighted by Gasteiger charge is -2.27. The van der Waals surface area contributed by atoms with E-state index < -0.39 is 0 Å². The van der Waals surface area contributed by atoms with Crippen LogP contribution in [0.2, 0.25) is 0 Å². The summed E-state index contributed by atoms with van der Waals surface area (Å²) in [6, 6.07) is 11.5. The van der Waals surface area contributed by atoms with E-state index in [9.17, 15) is 0 Å². The minimum Gasteiger partial charge on any atom is -0.304 e. The predicted octanol–water partition coefficient (Wildman–Crippen LogP) is 5.14. The molecule has 0 radical (unpaired) electrons. The first kappa shape index (κ1) is 20.0. The summed E-state index contributed by atoms with van der Waals surface area (Å²) >= 11 is 0. The van der Waals surface area contributed by atoms with Crippen molar-refractivity contribution in [2.75, 3.05) is 0 Å². The summed E-state index contributed by atoms with van der Waals surface area (Å²) < 4.78 is 0. The number of aryl methyl sites for hydroxylation is 2. The van der Waals surface area contributed by atoms with Crippen molar-refractivity contribution < 1.29 is 0 Å². The molecular formula is C19H26Cl2N2. The van der Waals surface area contributed by atoms with Gasteiger partial charge in [-0.25, -0.2) is 0 Å². The zero-order chi connectivity index (χ0) is 15.0. The number of nitrogens with zero attached hydrogens (tertiary/aromatic N) is 1. The van der Waals surface area contributed by atoms with E-state index in [1.54, 1.807) is 0 Å². The largest absolute Gasteiger partial charge is 0.304 e. The highest BCUT2D eigenvalue weighted by Gasteiger charge is 2.41. The molecule has 2 aromatic rings. The first-order valence-corrected chi connectivity index (χ1v) is 7.72. The molecule has 1 fully saturated rings. The molecule has 2 nitrogen and oxygen atoms in total. The molecule has 1 saturated heterocycles. The highest BCUT2D eigenvalue weighted by molar-refractivity contribution is 5.85. The number of rotatable bonds is 2. The maximum atomic E-state index is 4.15. The van der Waals surface area contributed by atoms with Crippen LogP contribution in [0.5, 0.6) is 0 Å². The van der Waals surface area contributed by atoms with Crippen LogP contribution in [0, 0.1) is 13.8 Å². The highest BCUT2D eigenvalue weighted by atomic mass is 35.5. The third-order valence-electron chi connectivity index (χ3n) is 4.80. The molecule has 23 heavy (non-hydrogen) atoms. The van der Waals surface area contributed by atoms with Crippen LogP contribution in [0.4, 0.5) is 0 Å². The van der Waals surface area contributed by atoms with Gasteiger partial charge in [0.2, 0.25) is 0 Å². The number of hydrogen-bond donors (Lipinski definition) is 1. The minimum atomic E-state index is 0. The molecule has 3 rings (SSSR count). The standard InChI is InChI=1S/C19H24N2.2ClH/c1-13-5-6-16(14(2)11-13)18-12-17(19(3,4)21-18)15-7-9-20-10-8-15;;/h5-11,17-18,21H,12H2,1-4H3;2*1H/t17-,18-;;/m0../s1. The highest BCUT2D eigenvalue weighted by Crippen LogP contribution is 2.44. The Morgan fingerprint density at radius 3 is 2.30 bits per heavy atom. The van der Waals surface area contributed by atoms with Crippen molar-refractivity contribution in [3.05, 3.63) is 65.0 Å². The quantitative estimate of drug-likeness (QED) is 0.809. The van der Waals surface area contributed by atoms with Gasteiger partial charge in [-0.15, -0.1) is 24.8 Å². The van der Waals surface area contributed by atoms with Crippen molar-refractivity contribution in [3.63, 3.8) is 0 Å². The molecule has 2 atom stereocenters. The van der Waals surface area contributed by atoms with E-state index >= 15 is 0 Å². The smallest absolute Gasteiger partial charge is 0.0334 e. The number of aromatic nitrogens is 1. The fourth-order valence-electron chi connectivity index (χ4n) is 3.71. The molecule has 2 heterocycles. The summed E-state index contributed by atoms with van der Waals surface area (Å²) in [5.41, 5.74) is 5.64. The van der Waals surface area contributed by atoms with Gasteiger partial charge in [-0.3, -0.25) is 4.98 Å². The lowest BCUT2D eigenvalue weighted by molar-refractivity contribution is 0.397. The second kappa shape index (κ2) is 7.65. The van der Waals surface area contributed by atoms with Gasteiger partial charge in [0.25, 0.3) is 0 Å². The van der Waals surface area contributed by atoms with E-state index in [0.717, 1.165) is 6.42 Å². The van der Waals surface area contributed by atoms with Crippen molar-refractivity contribution in [1.29, 1.82) is 0 Å². The maximum absolute atomic E-state index is 4.15. The summed E-state index contributed by atoms with van der Waals surface area (Å²) in [7, 11) is 0. The third-order valence-corrected chi connectivity index (χ3v) is 4.80. The average Bonchev–Trinajstić information content (AvgIpc) is 2.75. The topological polar surface area (TPSA) is 24.9 Å². The van der Waals surface area contributed by atoms with Gasteiger partial charge in [0.15, 0.2) is 0 Å². The van der Waals surface area contributed by atoms with Crippen molar-refractivity contribution in [2.45, 2.75) is 51.6 Å². The molecule has 1 aromatic carbocycles. The lowest BCUT2D eigenvalue weighted by atomic mass is 9.82. The van der Waals surface area contributed by atoms with Crippen LogP contribution in [0.25, 0.3) is 0 Å². The first-order chi connectivity index (χ1) is 9.97. The molecule has 0 amide bonds. The van der Waals surface area contributed by atoms with E-state index in [1.165, 1.54) is 22.3 Å².